The molecule has 4 aromatic carbocycles. The molecule has 0 aromatic heterocycles. The van der Waals surface area contributed by atoms with Crippen LogP contribution in [0.1, 0.15) is 11.1 Å². The summed E-state index contributed by atoms with van der Waals surface area (Å²) >= 11 is 0. The summed E-state index contributed by atoms with van der Waals surface area (Å²) in [4.78, 5) is 11.3. The quantitative estimate of drug-likeness (QED) is 0.278. The first-order chi connectivity index (χ1) is 14.0. The normalized spacial score (nSPS) is 10.7. The van der Waals surface area contributed by atoms with Crippen molar-refractivity contribution in [3.05, 3.63) is 112 Å². The minimum Gasteiger partial charge on any atom is -0.258 e. The summed E-state index contributed by atoms with van der Waals surface area (Å²) in [5.74, 6) is 0. The molecule has 0 spiro atoms. The van der Waals surface area contributed by atoms with Gasteiger partial charge in [-0.15, -0.1) is 0 Å². The molecule has 0 heterocycles. The second kappa shape index (κ2) is 7.72. The maximum atomic E-state index is 11.6. The lowest BCUT2D eigenvalue weighted by Crippen LogP contribution is -1.93. The largest absolute Gasteiger partial charge is 0.277 e. The zero-order valence-electron chi connectivity index (χ0n) is 16.4. The summed E-state index contributed by atoms with van der Waals surface area (Å²) in [7, 11) is 0. The van der Waals surface area contributed by atoms with Crippen molar-refractivity contribution in [3.63, 3.8) is 0 Å². The summed E-state index contributed by atoms with van der Waals surface area (Å²) in [6, 6.07) is 29.8. The van der Waals surface area contributed by atoms with Gasteiger partial charge in [-0.25, -0.2) is 0 Å². The Labute approximate surface area is 170 Å². The number of nitrogens with zero attached hydrogens (tertiary/aromatic N) is 1. The fourth-order valence-electron chi connectivity index (χ4n) is 3.49. The molecule has 3 nitrogen and oxygen atoms in total. The zero-order valence-corrected chi connectivity index (χ0v) is 16.4. The van der Waals surface area contributed by atoms with Crippen LogP contribution in [-0.4, -0.2) is 4.92 Å². The molecule has 0 N–H and O–H groups in total. The molecule has 0 aliphatic heterocycles. The molecule has 4 rings (SSSR count). The predicted molar refractivity (Wildman–Crippen MR) is 119 cm³/mol. The van der Waals surface area contributed by atoms with Gasteiger partial charge in [0.1, 0.15) is 0 Å². The molecular formula is C26H21NO2. The highest BCUT2D eigenvalue weighted by molar-refractivity contribution is 5.84. The molecule has 0 fully saturated rings. The van der Waals surface area contributed by atoms with E-state index in [4.69, 9.17) is 0 Å². The van der Waals surface area contributed by atoms with Gasteiger partial charge in [0, 0.05) is 6.07 Å². The van der Waals surface area contributed by atoms with Crippen molar-refractivity contribution in [1.29, 1.82) is 0 Å². The number of hydrogen-bond donors (Lipinski definition) is 0. The van der Waals surface area contributed by atoms with Crippen LogP contribution in [-0.2, 0) is 0 Å². The number of hydrogen-bond acceptors (Lipinski definition) is 2. The third kappa shape index (κ3) is 3.94. The first kappa shape index (κ1) is 18.6. The van der Waals surface area contributed by atoms with E-state index in [0.29, 0.717) is 5.56 Å². The van der Waals surface area contributed by atoms with Crippen LogP contribution < -0.4 is 0 Å². The maximum absolute atomic E-state index is 11.6. The van der Waals surface area contributed by atoms with Crippen LogP contribution in [0.4, 0.5) is 5.69 Å². The van der Waals surface area contributed by atoms with E-state index in [2.05, 4.69) is 68.4 Å². The van der Waals surface area contributed by atoms with Crippen LogP contribution in [0.25, 0.3) is 33.4 Å². The summed E-state index contributed by atoms with van der Waals surface area (Å²) < 4.78 is 0. The molecule has 0 aliphatic carbocycles. The number of benzene rings is 4. The molecule has 0 unspecified atom stereocenters. The minimum atomic E-state index is -0.320. The Morgan fingerprint density at radius 1 is 0.586 bits per heavy atom. The monoisotopic (exact) mass is 379 g/mol. The van der Waals surface area contributed by atoms with Gasteiger partial charge in [-0.2, -0.15) is 0 Å². The van der Waals surface area contributed by atoms with Gasteiger partial charge in [0.15, 0.2) is 0 Å². The molecule has 0 amide bonds. The molecule has 0 radical (unpaired) electrons. The second-order valence-electron chi connectivity index (χ2n) is 7.31. The third-order valence-electron chi connectivity index (χ3n) is 5.11. The van der Waals surface area contributed by atoms with Gasteiger partial charge in [-0.3, -0.25) is 10.1 Å². The van der Waals surface area contributed by atoms with Crippen LogP contribution in [0, 0.1) is 24.0 Å². The Balaban J connectivity index is 1.94. The summed E-state index contributed by atoms with van der Waals surface area (Å²) in [5, 5.41) is 11.6. The SMILES string of the molecule is Cc1ccc(-c2cc(-c3ccc(C)cc3)cc(-c3ccccc3[N+](=O)[O-])c2)cc1. The molecule has 0 saturated heterocycles. The Hall–Kier alpha value is -3.72. The number of nitro benzene ring substituents is 1. The first-order valence-corrected chi connectivity index (χ1v) is 9.54. The number of aryl methyl sites for hydroxylation is 2. The third-order valence-corrected chi connectivity index (χ3v) is 5.11. The van der Waals surface area contributed by atoms with E-state index in [1.807, 2.05) is 24.3 Å². The van der Waals surface area contributed by atoms with Gasteiger partial charge >= 0.3 is 0 Å². The fourth-order valence-corrected chi connectivity index (χ4v) is 3.49. The topological polar surface area (TPSA) is 43.1 Å². The fraction of sp³-hybridized carbons (Fsp3) is 0.0769. The summed E-state index contributed by atoms with van der Waals surface area (Å²) in [6.45, 7) is 4.12. The lowest BCUT2D eigenvalue weighted by atomic mass is 9.92. The lowest BCUT2D eigenvalue weighted by Gasteiger charge is -2.12. The van der Waals surface area contributed by atoms with E-state index in [1.54, 1.807) is 12.1 Å². The average Bonchev–Trinajstić information content (AvgIpc) is 2.74. The highest BCUT2D eigenvalue weighted by Gasteiger charge is 2.16. The van der Waals surface area contributed by atoms with Gasteiger partial charge in [0.05, 0.1) is 10.5 Å². The zero-order chi connectivity index (χ0) is 20.4. The minimum absolute atomic E-state index is 0.114. The Kier molecular flexibility index (Phi) is 4.96. The van der Waals surface area contributed by atoms with Crippen LogP contribution >= 0.6 is 0 Å². The Morgan fingerprint density at radius 2 is 1.03 bits per heavy atom. The van der Waals surface area contributed by atoms with E-state index < -0.39 is 0 Å². The van der Waals surface area contributed by atoms with Crippen LogP contribution in [0.3, 0.4) is 0 Å². The molecule has 4 aromatic rings. The maximum Gasteiger partial charge on any atom is 0.277 e. The molecule has 0 aliphatic rings. The predicted octanol–water partition coefficient (Wildman–Crippen LogP) is 7.21. The van der Waals surface area contributed by atoms with Crippen molar-refractivity contribution in [1.82, 2.24) is 0 Å². The number of para-hydroxylation sites is 1. The molecule has 0 saturated carbocycles. The van der Waals surface area contributed by atoms with E-state index in [9.17, 15) is 10.1 Å². The van der Waals surface area contributed by atoms with Gasteiger partial charge in [0.2, 0.25) is 0 Å². The smallest absolute Gasteiger partial charge is 0.258 e. The highest BCUT2D eigenvalue weighted by Crippen LogP contribution is 2.36. The Bertz CT molecular complexity index is 1110. The molecule has 0 atom stereocenters. The standard InChI is InChI=1S/C26H21NO2/c1-18-7-11-20(12-8-18)22-15-23(21-13-9-19(2)10-14-21)17-24(16-22)25-5-3-4-6-26(25)27(28)29/h3-17H,1-2H3. The van der Waals surface area contributed by atoms with Crippen molar-refractivity contribution in [2.24, 2.45) is 0 Å². The van der Waals surface area contributed by atoms with E-state index in [0.717, 1.165) is 27.8 Å². The van der Waals surface area contributed by atoms with Crippen LogP contribution in [0.2, 0.25) is 0 Å². The molecular weight excluding hydrogens is 358 g/mol. The molecule has 29 heavy (non-hydrogen) atoms. The second-order valence-corrected chi connectivity index (χ2v) is 7.31. The summed E-state index contributed by atoms with van der Waals surface area (Å²) in [5.41, 5.74) is 8.22. The van der Waals surface area contributed by atoms with Crippen LogP contribution in [0.5, 0.6) is 0 Å². The summed E-state index contributed by atoms with van der Waals surface area (Å²) in [6.07, 6.45) is 0. The molecule has 142 valence electrons. The number of rotatable bonds is 4. The van der Waals surface area contributed by atoms with E-state index in [1.165, 1.54) is 11.1 Å². The van der Waals surface area contributed by atoms with Gasteiger partial charge in [-0.1, -0.05) is 71.8 Å². The lowest BCUT2D eigenvalue weighted by molar-refractivity contribution is -0.384. The van der Waals surface area contributed by atoms with Crippen LogP contribution in [0.15, 0.2) is 91.0 Å². The van der Waals surface area contributed by atoms with Crippen molar-refractivity contribution in [2.45, 2.75) is 13.8 Å². The molecule has 0 bridgehead atoms. The van der Waals surface area contributed by atoms with Gasteiger partial charge in [-0.05, 0) is 65.9 Å². The van der Waals surface area contributed by atoms with Crippen molar-refractivity contribution in [2.75, 3.05) is 0 Å². The molecule has 3 heteroatoms. The van der Waals surface area contributed by atoms with Crippen molar-refractivity contribution in [3.8, 4) is 33.4 Å². The first-order valence-electron chi connectivity index (χ1n) is 9.54. The van der Waals surface area contributed by atoms with E-state index >= 15 is 0 Å². The average molecular weight is 379 g/mol. The number of nitro groups is 1. The van der Waals surface area contributed by atoms with Crippen molar-refractivity contribution >= 4 is 5.69 Å². The Morgan fingerprint density at radius 3 is 1.52 bits per heavy atom. The van der Waals surface area contributed by atoms with Gasteiger partial charge in [0.25, 0.3) is 5.69 Å². The van der Waals surface area contributed by atoms with Gasteiger partial charge < -0.3 is 0 Å². The highest BCUT2D eigenvalue weighted by atomic mass is 16.6. The van der Waals surface area contributed by atoms with Crippen molar-refractivity contribution < 1.29 is 4.92 Å². The van der Waals surface area contributed by atoms with E-state index in [-0.39, 0.29) is 10.6 Å².